The van der Waals surface area contributed by atoms with Crippen LogP contribution < -0.4 is 9.47 Å². The van der Waals surface area contributed by atoms with Gasteiger partial charge in [0.15, 0.2) is 5.76 Å². The molecule has 0 N–H and O–H groups in total. The molecule has 1 atom stereocenters. The average Bonchev–Trinajstić information content (AvgIpc) is 3.26. The van der Waals surface area contributed by atoms with Gasteiger partial charge in [-0.1, -0.05) is 24.3 Å². The third kappa shape index (κ3) is 3.70. The van der Waals surface area contributed by atoms with Gasteiger partial charge >= 0.3 is 0 Å². The zero-order valence-electron chi connectivity index (χ0n) is 18.2. The minimum atomic E-state index is -0.105. The molecule has 1 saturated heterocycles. The Morgan fingerprint density at radius 2 is 2.03 bits per heavy atom. The van der Waals surface area contributed by atoms with Crippen LogP contribution in [0.4, 0.5) is 0 Å². The minimum Gasteiger partial charge on any atom is -0.495 e. The van der Waals surface area contributed by atoms with E-state index in [9.17, 15) is 4.79 Å². The molecule has 7 nitrogen and oxygen atoms in total. The highest BCUT2D eigenvalue weighted by atomic mass is 16.5. The van der Waals surface area contributed by atoms with Gasteiger partial charge in [0.2, 0.25) is 0 Å². The molecule has 0 saturated carbocycles. The van der Waals surface area contributed by atoms with E-state index in [2.05, 4.69) is 4.98 Å². The summed E-state index contributed by atoms with van der Waals surface area (Å²) in [5.74, 6) is 1.78. The molecule has 1 fully saturated rings. The largest absolute Gasteiger partial charge is 0.495 e. The van der Waals surface area contributed by atoms with E-state index in [1.807, 2.05) is 65.1 Å². The van der Waals surface area contributed by atoms with Crippen LogP contribution in [0.3, 0.4) is 0 Å². The number of benzene rings is 2. The van der Waals surface area contributed by atoms with Crippen LogP contribution in [0.1, 0.15) is 29.3 Å². The van der Waals surface area contributed by atoms with E-state index >= 15 is 0 Å². The van der Waals surface area contributed by atoms with Gasteiger partial charge in [0.05, 0.1) is 44.0 Å². The van der Waals surface area contributed by atoms with Gasteiger partial charge in [0, 0.05) is 18.2 Å². The van der Waals surface area contributed by atoms with Crippen molar-refractivity contribution in [2.24, 2.45) is 0 Å². The molecule has 2 aromatic carbocycles. The van der Waals surface area contributed by atoms with Crippen molar-refractivity contribution in [2.45, 2.75) is 19.4 Å². The fraction of sp³-hybridized carbons (Fsp3) is 0.280. The van der Waals surface area contributed by atoms with Gasteiger partial charge in [0.1, 0.15) is 18.1 Å². The summed E-state index contributed by atoms with van der Waals surface area (Å²) in [5, 5.41) is 0. The lowest BCUT2D eigenvalue weighted by atomic mass is 9.98. The summed E-state index contributed by atoms with van der Waals surface area (Å²) < 4.78 is 19.1. The van der Waals surface area contributed by atoms with E-state index < -0.39 is 0 Å². The molecule has 0 spiro atoms. The number of fused-ring (bicyclic) bond motifs is 1. The molecular weight excluding hydrogens is 406 g/mol. The molecule has 1 aromatic heterocycles. The lowest BCUT2D eigenvalue weighted by Crippen LogP contribution is -2.44. The summed E-state index contributed by atoms with van der Waals surface area (Å²) in [5.41, 5.74) is 3.69. The number of morpholine rings is 1. The van der Waals surface area contributed by atoms with Crippen molar-refractivity contribution in [3.63, 3.8) is 0 Å². The molecule has 1 amide bonds. The van der Waals surface area contributed by atoms with Gasteiger partial charge < -0.3 is 23.7 Å². The smallest absolute Gasteiger partial charge is 0.289 e. The second kappa shape index (κ2) is 8.42. The third-order valence-corrected chi connectivity index (χ3v) is 5.86. The number of carbonyl (C=O) groups is 1. The van der Waals surface area contributed by atoms with Gasteiger partial charge in [-0.15, -0.1) is 0 Å². The summed E-state index contributed by atoms with van der Waals surface area (Å²) in [6, 6.07) is 13.7. The number of aryl methyl sites for hydroxylation is 1. The predicted molar refractivity (Wildman–Crippen MR) is 120 cm³/mol. The number of rotatable bonds is 4. The van der Waals surface area contributed by atoms with Crippen LogP contribution in [0, 0.1) is 6.92 Å². The SMILES string of the molecule is COc1cc(/C=C2\OCCN([C@H]3CCOc4ccccc43)C2=O)ccc1-n1cnc(C)c1. The first-order chi connectivity index (χ1) is 15.6. The maximum atomic E-state index is 13.3. The second-order valence-corrected chi connectivity index (χ2v) is 7.90. The average molecular weight is 431 g/mol. The van der Waals surface area contributed by atoms with E-state index in [1.165, 1.54) is 0 Å². The Hall–Kier alpha value is -3.74. The Balaban J connectivity index is 1.43. The number of aromatic nitrogens is 2. The Labute approximate surface area is 186 Å². The maximum Gasteiger partial charge on any atom is 0.289 e. The molecule has 0 aliphatic carbocycles. The van der Waals surface area contributed by atoms with Gasteiger partial charge in [-0.25, -0.2) is 4.98 Å². The quantitative estimate of drug-likeness (QED) is 0.586. The number of carbonyl (C=O) groups excluding carboxylic acids is 1. The number of methoxy groups -OCH3 is 1. The fourth-order valence-electron chi connectivity index (χ4n) is 4.31. The summed E-state index contributed by atoms with van der Waals surface area (Å²) in [6.07, 6.45) is 6.24. The second-order valence-electron chi connectivity index (χ2n) is 7.90. The minimum absolute atomic E-state index is 0.0128. The number of imidazole rings is 1. The molecule has 0 bridgehead atoms. The normalized spacial score (nSPS) is 19.3. The van der Waals surface area contributed by atoms with E-state index in [4.69, 9.17) is 14.2 Å². The van der Waals surface area contributed by atoms with E-state index in [-0.39, 0.29) is 11.9 Å². The molecule has 3 heterocycles. The maximum absolute atomic E-state index is 13.3. The summed E-state index contributed by atoms with van der Waals surface area (Å²) in [4.78, 5) is 19.5. The number of ether oxygens (including phenoxy) is 3. The Morgan fingerprint density at radius 1 is 1.16 bits per heavy atom. The van der Waals surface area contributed by atoms with Gasteiger partial charge in [-0.05, 0) is 36.8 Å². The lowest BCUT2D eigenvalue weighted by Gasteiger charge is -2.38. The number of hydrogen-bond acceptors (Lipinski definition) is 5. The zero-order chi connectivity index (χ0) is 22.1. The summed E-state index contributed by atoms with van der Waals surface area (Å²) >= 11 is 0. The van der Waals surface area contributed by atoms with Crippen molar-refractivity contribution in [2.75, 3.05) is 26.9 Å². The first kappa shape index (κ1) is 20.2. The van der Waals surface area contributed by atoms with Crippen molar-refractivity contribution in [1.82, 2.24) is 14.5 Å². The Bertz CT molecular complexity index is 1180. The summed E-state index contributed by atoms with van der Waals surface area (Å²) in [7, 11) is 1.63. The first-order valence-electron chi connectivity index (χ1n) is 10.7. The molecule has 5 rings (SSSR count). The van der Waals surface area contributed by atoms with Crippen LogP contribution in [0.25, 0.3) is 11.8 Å². The third-order valence-electron chi connectivity index (χ3n) is 5.86. The molecule has 164 valence electrons. The summed E-state index contributed by atoms with van der Waals surface area (Å²) in [6.45, 7) is 3.55. The molecular formula is C25H25N3O4. The van der Waals surface area contributed by atoms with Gasteiger partial charge in [0.25, 0.3) is 5.91 Å². The van der Waals surface area contributed by atoms with Crippen molar-refractivity contribution in [1.29, 1.82) is 0 Å². The van der Waals surface area contributed by atoms with Crippen LogP contribution in [0.5, 0.6) is 11.5 Å². The van der Waals surface area contributed by atoms with Crippen LogP contribution in [0.2, 0.25) is 0 Å². The van der Waals surface area contributed by atoms with Crippen LogP contribution in [-0.2, 0) is 9.53 Å². The first-order valence-corrected chi connectivity index (χ1v) is 10.7. The van der Waals surface area contributed by atoms with Crippen LogP contribution in [-0.4, -0.2) is 47.2 Å². The van der Waals surface area contributed by atoms with Gasteiger partial charge in [-0.2, -0.15) is 0 Å². The van der Waals surface area contributed by atoms with Crippen molar-refractivity contribution < 1.29 is 19.0 Å². The molecule has 2 aliphatic rings. The molecule has 3 aromatic rings. The highest BCUT2D eigenvalue weighted by Crippen LogP contribution is 2.37. The Kier molecular flexibility index (Phi) is 5.31. The Morgan fingerprint density at radius 3 is 2.84 bits per heavy atom. The number of hydrogen-bond donors (Lipinski definition) is 0. The van der Waals surface area contributed by atoms with Crippen LogP contribution in [0.15, 0.2) is 60.7 Å². The highest BCUT2D eigenvalue weighted by molar-refractivity contribution is 5.96. The van der Waals surface area contributed by atoms with E-state index in [1.54, 1.807) is 19.5 Å². The topological polar surface area (TPSA) is 65.8 Å². The molecule has 2 aliphatic heterocycles. The molecule has 0 radical (unpaired) electrons. The molecule has 32 heavy (non-hydrogen) atoms. The molecule has 0 unspecified atom stereocenters. The van der Waals surface area contributed by atoms with Crippen molar-refractivity contribution in [3.05, 3.63) is 77.6 Å². The molecule has 7 heteroatoms. The van der Waals surface area contributed by atoms with Crippen LogP contribution >= 0.6 is 0 Å². The monoisotopic (exact) mass is 431 g/mol. The lowest BCUT2D eigenvalue weighted by molar-refractivity contribution is -0.139. The van der Waals surface area contributed by atoms with E-state index in [0.29, 0.717) is 31.3 Å². The number of nitrogens with zero attached hydrogens (tertiary/aromatic N) is 3. The zero-order valence-corrected chi connectivity index (χ0v) is 18.2. The predicted octanol–water partition coefficient (Wildman–Crippen LogP) is 3.91. The standard InChI is InChI=1S/C25H25N3O4/c1-17-15-27(16-26-17)21-8-7-18(13-23(21)30-2)14-24-25(29)28(10-12-32-24)20-9-11-31-22-6-4-3-5-19(20)22/h3-8,13-16,20H,9-12H2,1-2H3/b24-14-/t20-/m0/s1. The van der Waals surface area contributed by atoms with Gasteiger partial charge in [-0.3, -0.25) is 4.79 Å². The number of amides is 1. The van der Waals surface area contributed by atoms with Crippen molar-refractivity contribution >= 4 is 12.0 Å². The van der Waals surface area contributed by atoms with Crippen molar-refractivity contribution in [3.8, 4) is 17.2 Å². The van der Waals surface area contributed by atoms with E-state index in [0.717, 1.165) is 34.7 Å². The highest BCUT2D eigenvalue weighted by Gasteiger charge is 2.34. The fourth-order valence-corrected chi connectivity index (χ4v) is 4.31. The number of para-hydroxylation sites is 1.